The monoisotopic (exact) mass is 510 g/mol. The Labute approximate surface area is 216 Å². The standard InChI is InChI=1S/C31H33F3O3/c1-2-3-4-5-6-10-23-36-28-20-18-26(19-21-28)25-14-16-27(17-15-25)30(35)37-29(31(32,33)34)22-13-24-11-8-7-9-12-24/h7-9,11-22,29H,2-6,10,23H2,1H3/b22-13+/t29-/m0/s1. The lowest BCUT2D eigenvalue weighted by Crippen LogP contribution is -2.32. The second-order valence-electron chi connectivity index (χ2n) is 8.86. The van der Waals surface area contributed by atoms with Crippen molar-refractivity contribution in [3.05, 3.63) is 96.1 Å². The fraction of sp³-hybridized carbons (Fsp3) is 0.323. The summed E-state index contributed by atoms with van der Waals surface area (Å²) in [5, 5.41) is 0. The molecule has 0 radical (unpaired) electrons. The van der Waals surface area contributed by atoms with Crippen molar-refractivity contribution in [2.45, 2.75) is 57.7 Å². The van der Waals surface area contributed by atoms with Crippen LogP contribution in [-0.2, 0) is 4.74 Å². The normalized spacial score (nSPS) is 12.4. The van der Waals surface area contributed by atoms with Crippen molar-refractivity contribution in [2.75, 3.05) is 6.61 Å². The highest BCUT2D eigenvalue weighted by Crippen LogP contribution is 2.27. The lowest BCUT2D eigenvalue weighted by Gasteiger charge is -2.17. The highest BCUT2D eigenvalue weighted by molar-refractivity contribution is 5.90. The van der Waals surface area contributed by atoms with Gasteiger partial charge in [0.2, 0.25) is 6.10 Å². The van der Waals surface area contributed by atoms with Crippen LogP contribution in [0.4, 0.5) is 13.2 Å². The molecular formula is C31H33F3O3. The summed E-state index contributed by atoms with van der Waals surface area (Å²) in [4.78, 5) is 12.4. The van der Waals surface area contributed by atoms with E-state index in [0.29, 0.717) is 12.2 Å². The van der Waals surface area contributed by atoms with Crippen LogP contribution >= 0.6 is 0 Å². The molecule has 6 heteroatoms. The number of benzene rings is 3. The van der Waals surface area contributed by atoms with E-state index in [9.17, 15) is 18.0 Å². The summed E-state index contributed by atoms with van der Waals surface area (Å²) >= 11 is 0. The predicted molar refractivity (Wildman–Crippen MR) is 141 cm³/mol. The molecule has 3 aromatic carbocycles. The molecule has 0 fully saturated rings. The van der Waals surface area contributed by atoms with Gasteiger partial charge in [0.1, 0.15) is 5.75 Å². The Morgan fingerprint density at radius 2 is 1.41 bits per heavy atom. The number of carbonyl (C=O) groups is 1. The average Bonchev–Trinajstić information content (AvgIpc) is 2.91. The number of rotatable bonds is 13. The van der Waals surface area contributed by atoms with Gasteiger partial charge in [-0.3, -0.25) is 0 Å². The van der Waals surface area contributed by atoms with Crippen molar-refractivity contribution in [3.8, 4) is 16.9 Å². The minimum absolute atomic E-state index is 0.0463. The topological polar surface area (TPSA) is 35.5 Å². The second kappa shape index (κ2) is 14.3. The van der Waals surface area contributed by atoms with Gasteiger partial charge in [-0.2, -0.15) is 13.2 Å². The van der Waals surface area contributed by atoms with Gasteiger partial charge in [0.15, 0.2) is 0 Å². The van der Waals surface area contributed by atoms with Gasteiger partial charge in [0, 0.05) is 0 Å². The van der Waals surface area contributed by atoms with E-state index in [1.54, 1.807) is 42.5 Å². The molecule has 0 saturated carbocycles. The SMILES string of the molecule is CCCCCCCCOc1ccc(-c2ccc(C(=O)O[C@@H](/C=C/c3ccccc3)C(F)(F)F)cc2)cc1. The van der Waals surface area contributed by atoms with Gasteiger partial charge in [-0.1, -0.05) is 99.7 Å². The zero-order valence-corrected chi connectivity index (χ0v) is 21.0. The number of carbonyl (C=O) groups excluding carboxylic acids is 1. The van der Waals surface area contributed by atoms with Gasteiger partial charge in [-0.05, 0) is 53.5 Å². The van der Waals surface area contributed by atoms with Crippen LogP contribution in [0.3, 0.4) is 0 Å². The van der Waals surface area contributed by atoms with E-state index in [4.69, 9.17) is 9.47 Å². The number of esters is 1. The zero-order chi connectivity index (χ0) is 26.5. The van der Waals surface area contributed by atoms with Crippen molar-refractivity contribution in [3.63, 3.8) is 0 Å². The van der Waals surface area contributed by atoms with Crippen LogP contribution in [0.15, 0.2) is 84.9 Å². The number of unbranched alkanes of at least 4 members (excludes halogenated alkanes) is 5. The Morgan fingerprint density at radius 1 is 0.811 bits per heavy atom. The molecule has 0 saturated heterocycles. The quantitative estimate of drug-likeness (QED) is 0.170. The van der Waals surface area contributed by atoms with Crippen molar-refractivity contribution < 1.29 is 27.4 Å². The molecule has 0 bridgehead atoms. The minimum Gasteiger partial charge on any atom is -0.494 e. The summed E-state index contributed by atoms with van der Waals surface area (Å²) in [6.07, 6.45) is 2.29. The molecule has 0 aromatic heterocycles. The molecule has 0 aliphatic heterocycles. The van der Waals surface area contributed by atoms with Gasteiger partial charge >= 0.3 is 12.1 Å². The van der Waals surface area contributed by atoms with E-state index in [0.717, 1.165) is 29.4 Å². The van der Waals surface area contributed by atoms with Gasteiger partial charge in [-0.15, -0.1) is 0 Å². The summed E-state index contributed by atoms with van der Waals surface area (Å²) in [7, 11) is 0. The van der Waals surface area contributed by atoms with Crippen molar-refractivity contribution in [1.29, 1.82) is 0 Å². The number of alkyl halides is 3. The first-order valence-corrected chi connectivity index (χ1v) is 12.7. The van der Waals surface area contributed by atoms with Crippen LogP contribution in [0, 0.1) is 0 Å². The molecular weight excluding hydrogens is 477 g/mol. The van der Waals surface area contributed by atoms with E-state index in [-0.39, 0.29) is 5.56 Å². The maximum atomic E-state index is 13.4. The van der Waals surface area contributed by atoms with E-state index in [2.05, 4.69) is 6.92 Å². The number of hydrogen-bond donors (Lipinski definition) is 0. The lowest BCUT2D eigenvalue weighted by molar-refractivity contribution is -0.188. The first-order chi connectivity index (χ1) is 17.9. The molecule has 0 spiro atoms. The Balaban J connectivity index is 1.54. The molecule has 0 aliphatic carbocycles. The summed E-state index contributed by atoms with van der Waals surface area (Å²) in [5.41, 5.74) is 2.36. The molecule has 3 rings (SSSR count). The maximum Gasteiger partial charge on any atom is 0.429 e. The third-order valence-corrected chi connectivity index (χ3v) is 5.89. The van der Waals surface area contributed by atoms with Crippen molar-refractivity contribution >= 4 is 12.0 Å². The van der Waals surface area contributed by atoms with Gasteiger partial charge in [0.25, 0.3) is 0 Å². The van der Waals surface area contributed by atoms with Crippen LogP contribution in [0.1, 0.15) is 61.4 Å². The number of hydrogen-bond acceptors (Lipinski definition) is 3. The van der Waals surface area contributed by atoms with Gasteiger partial charge in [0.05, 0.1) is 12.2 Å². The molecule has 0 N–H and O–H groups in total. The van der Waals surface area contributed by atoms with Crippen LogP contribution in [0.25, 0.3) is 17.2 Å². The fourth-order valence-corrected chi connectivity index (χ4v) is 3.78. The predicted octanol–water partition coefficient (Wildman–Crippen LogP) is 8.89. The van der Waals surface area contributed by atoms with E-state index in [1.807, 2.05) is 24.3 Å². The molecule has 0 amide bonds. The Kier molecular flexibility index (Phi) is 10.8. The Hall–Kier alpha value is -3.54. The molecule has 1 atom stereocenters. The minimum atomic E-state index is -4.72. The zero-order valence-electron chi connectivity index (χ0n) is 21.0. The molecule has 3 nitrogen and oxygen atoms in total. The first kappa shape index (κ1) is 28.0. The fourth-order valence-electron chi connectivity index (χ4n) is 3.78. The molecule has 0 heterocycles. The number of ether oxygens (including phenoxy) is 2. The molecule has 196 valence electrons. The lowest BCUT2D eigenvalue weighted by atomic mass is 10.0. The third kappa shape index (κ3) is 9.45. The summed E-state index contributed by atoms with van der Waals surface area (Å²) in [6.45, 7) is 2.89. The Bertz CT molecular complexity index is 1110. The summed E-state index contributed by atoms with van der Waals surface area (Å²) in [5.74, 6) is -0.246. The van der Waals surface area contributed by atoms with Crippen LogP contribution < -0.4 is 4.74 Å². The molecule has 37 heavy (non-hydrogen) atoms. The highest BCUT2D eigenvalue weighted by Gasteiger charge is 2.41. The van der Waals surface area contributed by atoms with Crippen molar-refractivity contribution in [2.24, 2.45) is 0 Å². The van der Waals surface area contributed by atoms with Crippen LogP contribution in [0.2, 0.25) is 0 Å². The maximum absolute atomic E-state index is 13.4. The Morgan fingerprint density at radius 3 is 2.03 bits per heavy atom. The van der Waals surface area contributed by atoms with Crippen molar-refractivity contribution in [1.82, 2.24) is 0 Å². The summed E-state index contributed by atoms with van der Waals surface area (Å²) in [6, 6.07) is 22.4. The van der Waals surface area contributed by atoms with Gasteiger partial charge in [-0.25, -0.2) is 4.79 Å². The van der Waals surface area contributed by atoms with Crippen LogP contribution in [0.5, 0.6) is 5.75 Å². The van der Waals surface area contributed by atoms with E-state index < -0.39 is 18.2 Å². The molecule has 3 aromatic rings. The van der Waals surface area contributed by atoms with Crippen LogP contribution in [-0.4, -0.2) is 24.9 Å². The number of halogens is 3. The first-order valence-electron chi connectivity index (χ1n) is 12.7. The van der Waals surface area contributed by atoms with Gasteiger partial charge < -0.3 is 9.47 Å². The molecule has 0 unspecified atom stereocenters. The highest BCUT2D eigenvalue weighted by atomic mass is 19.4. The largest absolute Gasteiger partial charge is 0.494 e. The summed E-state index contributed by atoms with van der Waals surface area (Å²) < 4.78 is 50.9. The second-order valence-corrected chi connectivity index (χ2v) is 8.86. The molecule has 0 aliphatic rings. The average molecular weight is 511 g/mol. The van der Waals surface area contributed by atoms with E-state index >= 15 is 0 Å². The smallest absolute Gasteiger partial charge is 0.429 e. The third-order valence-electron chi connectivity index (χ3n) is 5.89. The van der Waals surface area contributed by atoms with E-state index in [1.165, 1.54) is 50.3 Å².